The van der Waals surface area contributed by atoms with Crippen molar-refractivity contribution < 1.29 is 14.0 Å². The third kappa shape index (κ3) is 3.36. The second-order valence-electron chi connectivity index (χ2n) is 8.36. The Morgan fingerprint density at radius 3 is 2.59 bits per heavy atom. The van der Waals surface area contributed by atoms with Crippen LogP contribution in [0.15, 0.2) is 71.1 Å². The van der Waals surface area contributed by atoms with Crippen LogP contribution in [0.3, 0.4) is 0 Å². The Kier molecular flexibility index (Phi) is 4.81. The van der Waals surface area contributed by atoms with Crippen molar-refractivity contribution in [3.63, 3.8) is 0 Å². The predicted octanol–water partition coefficient (Wildman–Crippen LogP) is 3.67. The molecule has 0 saturated carbocycles. The number of aryl methyl sites for hydroxylation is 1. The predicted molar refractivity (Wildman–Crippen MR) is 120 cm³/mol. The molecule has 1 aliphatic heterocycles. The molecule has 162 valence electrons. The third-order valence-corrected chi connectivity index (χ3v) is 6.05. The minimum atomic E-state index is -1.12. The summed E-state index contributed by atoms with van der Waals surface area (Å²) in [5.74, 6) is 1.21. The van der Waals surface area contributed by atoms with Gasteiger partial charge in [0.1, 0.15) is 17.1 Å². The molecule has 2 aromatic heterocycles. The van der Waals surface area contributed by atoms with E-state index >= 15 is 0 Å². The zero-order valence-corrected chi connectivity index (χ0v) is 18.0. The number of fused-ring (bicyclic) bond motifs is 3. The molecule has 1 N–H and O–H groups in total. The van der Waals surface area contributed by atoms with Gasteiger partial charge in [0.2, 0.25) is 5.91 Å². The second-order valence-corrected chi connectivity index (χ2v) is 8.36. The molecule has 0 saturated heterocycles. The van der Waals surface area contributed by atoms with Crippen molar-refractivity contribution in [2.75, 3.05) is 0 Å². The van der Waals surface area contributed by atoms with E-state index in [-0.39, 0.29) is 18.4 Å². The van der Waals surface area contributed by atoms with Gasteiger partial charge >= 0.3 is 0 Å². The Balaban J connectivity index is 1.53. The molecular formula is C25H24N4O3. The quantitative estimate of drug-likeness (QED) is 0.526. The number of nitrogens with one attached hydrogen (secondary N) is 1. The molecule has 0 aliphatic carbocycles. The van der Waals surface area contributed by atoms with Gasteiger partial charge in [0.25, 0.3) is 5.91 Å². The first kappa shape index (κ1) is 20.1. The molecule has 0 radical (unpaired) electrons. The van der Waals surface area contributed by atoms with E-state index in [9.17, 15) is 9.59 Å². The zero-order chi connectivity index (χ0) is 22.3. The molecule has 7 heteroatoms. The molecule has 4 aromatic rings. The number of para-hydroxylation sites is 2. The lowest BCUT2D eigenvalue weighted by molar-refractivity contribution is -0.133. The molecule has 7 nitrogen and oxygen atoms in total. The lowest BCUT2D eigenvalue weighted by Gasteiger charge is -2.43. The van der Waals surface area contributed by atoms with Gasteiger partial charge in [-0.25, -0.2) is 4.98 Å². The van der Waals surface area contributed by atoms with Crippen LogP contribution in [0.1, 0.15) is 34.6 Å². The molecule has 0 unspecified atom stereocenters. The largest absolute Gasteiger partial charge is 0.464 e. The number of aromatic nitrogens is 2. The number of amides is 2. The first-order valence-corrected chi connectivity index (χ1v) is 10.6. The number of nitrogens with zero attached hydrogens (tertiary/aromatic N) is 3. The molecule has 2 amide bonds. The van der Waals surface area contributed by atoms with E-state index in [0.717, 1.165) is 22.4 Å². The summed E-state index contributed by atoms with van der Waals surface area (Å²) in [5, 5.41) is 3.02. The van der Waals surface area contributed by atoms with Crippen molar-refractivity contribution in [2.24, 2.45) is 0 Å². The van der Waals surface area contributed by atoms with Crippen LogP contribution >= 0.6 is 0 Å². The average molecular weight is 428 g/mol. The first-order valence-electron chi connectivity index (χ1n) is 10.6. The number of imidazole rings is 1. The van der Waals surface area contributed by atoms with Crippen molar-refractivity contribution in [2.45, 2.75) is 39.0 Å². The Hall–Kier alpha value is -3.87. The van der Waals surface area contributed by atoms with Crippen LogP contribution in [0.2, 0.25) is 0 Å². The fraction of sp³-hybridized carbons (Fsp3) is 0.240. The highest BCUT2D eigenvalue weighted by Gasteiger charge is 2.48. The van der Waals surface area contributed by atoms with Gasteiger partial charge in [0.05, 0.1) is 24.1 Å². The minimum absolute atomic E-state index is 0.186. The number of rotatable bonds is 5. The summed E-state index contributed by atoms with van der Waals surface area (Å²) in [6.45, 7) is 4.53. The summed E-state index contributed by atoms with van der Waals surface area (Å²) in [5.41, 5.74) is 1.45. The first-order chi connectivity index (χ1) is 15.5. The molecule has 0 fully saturated rings. The van der Waals surface area contributed by atoms with E-state index in [2.05, 4.69) is 10.3 Å². The van der Waals surface area contributed by atoms with Crippen LogP contribution in [-0.2, 0) is 24.4 Å². The maximum atomic E-state index is 13.6. The van der Waals surface area contributed by atoms with Gasteiger partial charge in [-0.1, -0.05) is 42.5 Å². The number of carbonyl (C=O) groups excluding carboxylic acids is 2. The van der Waals surface area contributed by atoms with E-state index in [0.29, 0.717) is 24.7 Å². The van der Waals surface area contributed by atoms with Crippen LogP contribution in [0.25, 0.3) is 11.0 Å². The topological polar surface area (TPSA) is 80.4 Å². The van der Waals surface area contributed by atoms with Crippen LogP contribution in [0.4, 0.5) is 0 Å². The maximum absolute atomic E-state index is 13.6. The molecular weight excluding hydrogens is 404 g/mol. The molecule has 5 rings (SSSR count). The van der Waals surface area contributed by atoms with Gasteiger partial charge < -0.3 is 19.2 Å². The highest BCUT2D eigenvalue weighted by molar-refractivity contribution is 6.01. The Labute approximate surface area is 185 Å². The van der Waals surface area contributed by atoms with Gasteiger partial charge in [-0.2, -0.15) is 0 Å². The summed E-state index contributed by atoms with van der Waals surface area (Å²) in [6, 6.07) is 21.0. The van der Waals surface area contributed by atoms with Crippen molar-refractivity contribution in [1.29, 1.82) is 0 Å². The van der Waals surface area contributed by atoms with Crippen molar-refractivity contribution in [3.8, 4) is 0 Å². The minimum Gasteiger partial charge on any atom is -0.464 e. The SMILES string of the molecule is Cc1ccc(CN2C(=O)c3nc4ccccc4n3C[C@@]2(C)C(=O)NCc2ccccc2)o1. The lowest BCUT2D eigenvalue weighted by Crippen LogP contribution is -2.63. The molecule has 1 atom stereocenters. The molecule has 0 spiro atoms. The number of hydrogen-bond donors (Lipinski definition) is 1. The summed E-state index contributed by atoms with van der Waals surface area (Å²) >= 11 is 0. The van der Waals surface area contributed by atoms with E-state index in [4.69, 9.17) is 4.42 Å². The smallest absolute Gasteiger partial charge is 0.291 e. The highest BCUT2D eigenvalue weighted by atomic mass is 16.3. The van der Waals surface area contributed by atoms with Crippen molar-refractivity contribution in [3.05, 3.63) is 89.6 Å². The van der Waals surface area contributed by atoms with Gasteiger partial charge in [-0.05, 0) is 43.7 Å². The Bertz CT molecular complexity index is 1310. The second kappa shape index (κ2) is 7.67. The van der Waals surface area contributed by atoms with Crippen LogP contribution < -0.4 is 5.32 Å². The molecule has 2 aromatic carbocycles. The zero-order valence-electron chi connectivity index (χ0n) is 18.0. The van der Waals surface area contributed by atoms with Gasteiger partial charge in [0, 0.05) is 6.54 Å². The van der Waals surface area contributed by atoms with Gasteiger partial charge in [0.15, 0.2) is 5.82 Å². The van der Waals surface area contributed by atoms with E-state index in [1.54, 1.807) is 11.8 Å². The summed E-state index contributed by atoms with van der Waals surface area (Å²) < 4.78 is 7.58. The van der Waals surface area contributed by atoms with Crippen LogP contribution in [0.5, 0.6) is 0 Å². The van der Waals surface area contributed by atoms with Crippen molar-refractivity contribution >= 4 is 22.8 Å². The standard InChI is InChI=1S/C25H24N4O3/c1-17-12-13-19(32-17)15-29-23(30)22-27-20-10-6-7-11-21(20)28(22)16-25(29,2)24(31)26-14-18-8-4-3-5-9-18/h3-13H,14-16H2,1-2H3,(H,26,31)/t25-/m0/s1. The molecule has 0 bridgehead atoms. The maximum Gasteiger partial charge on any atom is 0.291 e. The number of hydrogen-bond acceptors (Lipinski definition) is 4. The lowest BCUT2D eigenvalue weighted by atomic mass is 9.94. The van der Waals surface area contributed by atoms with Crippen molar-refractivity contribution in [1.82, 2.24) is 19.8 Å². The van der Waals surface area contributed by atoms with E-state index in [1.165, 1.54) is 0 Å². The molecule has 1 aliphatic rings. The monoisotopic (exact) mass is 428 g/mol. The van der Waals surface area contributed by atoms with Crippen LogP contribution in [-0.4, -0.2) is 31.8 Å². The fourth-order valence-corrected chi connectivity index (χ4v) is 4.27. The summed E-state index contributed by atoms with van der Waals surface area (Å²) in [7, 11) is 0. The Morgan fingerprint density at radius 1 is 1.09 bits per heavy atom. The fourth-order valence-electron chi connectivity index (χ4n) is 4.27. The summed E-state index contributed by atoms with van der Waals surface area (Å²) in [6.07, 6.45) is 0. The third-order valence-electron chi connectivity index (χ3n) is 6.05. The van der Waals surface area contributed by atoms with E-state index < -0.39 is 5.54 Å². The highest BCUT2D eigenvalue weighted by Crippen LogP contribution is 2.32. The number of carbonyl (C=O) groups is 2. The number of benzene rings is 2. The normalized spacial score (nSPS) is 18.1. The average Bonchev–Trinajstić information content (AvgIpc) is 3.39. The number of furan rings is 1. The molecule has 3 heterocycles. The Morgan fingerprint density at radius 2 is 1.84 bits per heavy atom. The van der Waals surface area contributed by atoms with E-state index in [1.807, 2.05) is 78.2 Å². The summed E-state index contributed by atoms with van der Waals surface area (Å²) in [4.78, 5) is 33.3. The molecule has 32 heavy (non-hydrogen) atoms. The van der Waals surface area contributed by atoms with Gasteiger partial charge in [-0.3, -0.25) is 9.59 Å². The van der Waals surface area contributed by atoms with Gasteiger partial charge in [-0.15, -0.1) is 0 Å². The van der Waals surface area contributed by atoms with Crippen LogP contribution in [0, 0.1) is 6.92 Å².